The molecule has 1 aliphatic carbocycles. The van der Waals surface area contributed by atoms with Crippen molar-refractivity contribution in [1.29, 1.82) is 5.26 Å². The number of fused-ring (bicyclic) bond motifs is 1. The second-order valence-electron chi connectivity index (χ2n) is 8.49. The number of ether oxygens (including phenoxy) is 2. The maximum Gasteiger partial charge on any atom is 0.214 e. The molecule has 1 aliphatic rings. The van der Waals surface area contributed by atoms with Crippen LogP contribution >= 0.6 is 12.6 Å². The summed E-state index contributed by atoms with van der Waals surface area (Å²) in [6.45, 7) is 5.76. The Morgan fingerprint density at radius 2 is 2.06 bits per heavy atom. The lowest BCUT2D eigenvalue weighted by Gasteiger charge is -2.15. The Morgan fingerprint density at radius 3 is 2.74 bits per heavy atom. The van der Waals surface area contributed by atoms with Crippen molar-refractivity contribution in [3.8, 4) is 11.8 Å². The van der Waals surface area contributed by atoms with Crippen molar-refractivity contribution in [2.24, 2.45) is 10.2 Å². The van der Waals surface area contributed by atoms with Gasteiger partial charge in [-0.2, -0.15) is 10.4 Å². The Morgan fingerprint density at radius 1 is 1.29 bits per heavy atom. The zero-order valence-electron chi connectivity index (χ0n) is 20.3. The number of nitriles is 1. The van der Waals surface area contributed by atoms with Crippen LogP contribution in [0.15, 0.2) is 46.6 Å². The predicted molar refractivity (Wildman–Crippen MR) is 141 cm³/mol. The highest BCUT2D eigenvalue weighted by molar-refractivity contribution is 7.97. The molecule has 0 saturated carbocycles. The molecule has 0 heterocycles. The van der Waals surface area contributed by atoms with Crippen LogP contribution in [0, 0.1) is 11.3 Å². The van der Waals surface area contributed by atoms with E-state index in [0.29, 0.717) is 34.9 Å². The molecule has 8 nitrogen and oxygen atoms in total. The van der Waals surface area contributed by atoms with Gasteiger partial charge in [-0.3, -0.25) is 0 Å². The van der Waals surface area contributed by atoms with Crippen molar-refractivity contribution < 1.29 is 17.9 Å². The molecule has 0 radical (unpaired) electrons. The summed E-state index contributed by atoms with van der Waals surface area (Å²) >= 11 is 4.58. The summed E-state index contributed by atoms with van der Waals surface area (Å²) in [4.78, 5) is 0. The fourth-order valence-electron chi connectivity index (χ4n) is 3.89. The van der Waals surface area contributed by atoms with Gasteiger partial charge in [-0.05, 0) is 68.5 Å². The summed E-state index contributed by atoms with van der Waals surface area (Å²) in [5.41, 5.74) is 4.56. The van der Waals surface area contributed by atoms with Gasteiger partial charge in [0.2, 0.25) is 10.0 Å². The first kappa shape index (κ1) is 26.9. The number of methoxy groups -OCH3 is 1. The summed E-state index contributed by atoms with van der Waals surface area (Å²) in [6.07, 6.45) is 1.32. The van der Waals surface area contributed by atoms with Crippen molar-refractivity contribution in [1.82, 2.24) is 4.72 Å². The van der Waals surface area contributed by atoms with Gasteiger partial charge >= 0.3 is 0 Å². The van der Waals surface area contributed by atoms with Gasteiger partial charge < -0.3 is 9.47 Å². The van der Waals surface area contributed by atoms with Crippen LogP contribution < -0.4 is 9.46 Å². The smallest absolute Gasteiger partial charge is 0.214 e. The molecule has 0 aromatic heterocycles. The summed E-state index contributed by atoms with van der Waals surface area (Å²) in [6, 6.07) is 12.9. The van der Waals surface area contributed by atoms with E-state index < -0.39 is 10.0 Å². The van der Waals surface area contributed by atoms with Crippen LogP contribution in [0.25, 0.3) is 0 Å². The fraction of sp³-hybridized carbons (Fsp3) is 0.400. The van der Waals surface area contributed by atoms with Crippen LogP contribution in [0.4, 0.5) is 0 Å². The number of nitrogens with zero attached hydrogens (tertiary/aromatic N) is 3. The molecule has 35 heavy (non-hydrogen) atoms. The normalized spacial score (nSPS) is 16.3. The number of nitrogens with one attached hydrogen (secondary N) is 1. The molecule has 0 fully saturated rings. The molecule has 0 spiro atoms. The molecule has 2 aromatic carbocycles. The molecule has 1 atom stereocenters. The third-order valence-corrected chi connectivity index (χ3v) is 7.24. The summed E-state index contributed by atoms with van der Waals surface area (Å²) in [7, 11) is -1.97. The minimum Gasteiger partial charge on any atom is -0.490 e. The highest BCUT2D eigenvalue weighted by Gasteiger charge is 2.28. The Hall–Kier alpha value is -2.71. The lowest BCUT2D eigenvalue weighted by Crippen LogP contribution is -2.31. The standard InChI is InChI=1S/C25H30N4O4S2/c1-16(2)33-24-11-8-18(14-19(24)15-26)17(3)27-28-25(34)22-7-5-6-21-20(22)9-10-23(21)29-35(30,31)13-12-32-4/h5-8,11,14,16,23,29H,9-10,12-13H2,1-4H3,(H,28,34)/b27-17+/t23-/m0/s1. The lowest BCUT2D eigenvalue weighted by molar-refractivity contribution is 0.216. The minimum atomic E-state index is -3.45. The predicted octanol–water partition coefficient (Wildman–Crippen LogP) is 4.00. The maximum absolute atomic E-state index is 12.3. The molecule has 0 bridgehead atoms. The molecule has 186 valence electrons. The van der Waals surface area contributed by atoms with Gasteiger partial charge in [0.05, 0.1) is 29.7 Å². The molecule has 3 rings (SSSR count). The summed E-state index contributed by atoms with van der Waals surface area (Å²) in [5, 5.41) is 18.5. The van der Waals surface area contributed by atoms with Crippen LogP contribution in [0.5, 0.6) is 5.75 Å². The first-order valence-electron chi connectivity index (χ1n) is 11.3. The SMILES string of the molecule is COCCS(=O)(=O)N[C@H]1CCc2c(/C(S)=N/N=C(\C)c3ccc(OC(C)C)c(C#N)c3)cccc21. The van der Waals surface area contributed by atoms with Crippen molar-refractivity contribution in [3.05, 3.63) is 64.2 Å². The Balaban J connectivity index is 1.82. The van der Waals surface area contributed by atoms with Gasteiger partial charge in [-0.15, -0.1) is 17.7 Å². The van der Waals surface area contributed by atoms with Crippen molar-refractivity contribution in [2.45, 2.75) is 45.8 Å². The van der Waals surface area contributed by atoms with Crippen LogP contribution in [0.3, 0.4) is 0 Å². The number of hydrogen-bond acceptors (Lipinski definition) is 7. The van der Waals surface area contributed by atoms with E-state index in [9.17, 15) is 13.7 Å². The second kappa shape index (κ2) is 11.8. The molecule has 0 saturated heterocycles. The Bertz CT molecular complexity index is 1280. The van der Waals surface area contributed by atoms with Gasteiger partial charge in [0, 0.05) is 18.7 Å². The number of rotatable bonds is 10. The highest BCUT2D eigenvalue weighted by atomic mass is 32.2. The van der Waals surface area contributed by atoms with Crippen LogP contribution in [0.1, 0.15) is 61.1 Å². The first-order chi connectivity index (χ1) is 16.6. The monoisotopic (exact) mass is 514 g/mol. The molecule has 0 amide bonds. The van der Waals surface area contributed by atoms with Crippen molar-refractivity contribution in [2.75, 3.05) is 19.5 Å². The average Bonchev–Trinajstić information content (AvgIpc) is 3.23. The van der Waals surface area contributed by atoms with E-state index in [2.05, 4.69) is 33.6 Å². The van der Waals surface area contributed by atoms with E-state index in [-0.39, 0.29) is 24.5 Å². The largest absolute Gasteiger partial charge is 0.490 e. The third-order valence-electron chi connectivity index (χ3n) is 5.56. The van der Waals surface area contributed by atoms with E-state index in [4.69, 9.17) is 9.47 Å². The number of thiol groups is 1. The lowest BCUT2D eigenvalue weighted by atomic mass is 10.0. The number of hydrogen-bond donors (Lipinski definition) is 2. The maximum atomic E-state index is 12.3. The summed E-state index contributed by atoms with van der Waals surface area (Å²) < 4.78 is 38.0. The minimum absolute atomic E-state index is 0.0353. The van der Waals surface area contributed by atoms with E-state index in [1.165, 1.54) is 7.11 Å². The molecule has 0 aliphatic heterocycles. The summed E-state index contributed by atoms with van der Waals surface area (Å²) in [5.74, 6) is 0.449. The van der Waals surface area contributed by atoms with E-state index in [0.717, 1.165) is 22.3 Å². The zero-order chi connectivity index (χ0) is 25.6. The van der Waals surface area contributed by atoms with Gasteiger partial charge in [-0.1, -0.05) is 18.2 Å². The second-order valence-corrected chi connectivity index (χ2v) is 10.8. The van der Waals surface area contributed by atoms with Gasteiger partial charge in [-0.25, -0.2) is 13.1 Å². The molecule has 10 heteroatoms. The highest BCUT2D eigenvalue weighted by Crippen LogP contribution is 2.34. The van der Waals surface area contributed by atoms with E-state index in [1.807, 2.05) is 45.0 Å². The molecule has 2 aromatic rings. The average molecular weight is 515 g/mol. The molecule has 1 N–H and O–H groups in total. The van der Waals surface area contributed by atoms with Crippen LogP contribution in [0.2, 0.25) is 0 Å². The fourth-order valence-corrected chi connectivity index (χ4v) is 5.32. The Kier molecular flexibility index (Phi) is 9.08. The first-order valence-corrected chi connectivity index (χ1v) is 13.4. The number of benzene rings is 2. The number of sulfonamides is 1. The van der Waals surface area contributed by atoms with Crippen LogP contribution in [-0.4, -0.2) is 44.7 Å². The van der Waals surface area contributed by atoms with Gasteiger partial charge in [0.15, 0.2) is 0 Å². The molecule has 0 unspecified atom stereocenters. The molecular formula is C25H30N4O4S2. The van der Waals surface area contributed by atoms with E-state index >= 15 is 0 Å². The van der Waals surface area contributed by atoms with Crippen molar-refractivity contribution in [3.63, 3.8) is 0 Å². The third kappa shape index (κ3) is 6.92. The Labute approximate surface area is 212 Å². The topological polar surface area (TPSA) is 113 Å². The van der Waals surface area contributed by atoms with Crippen molar-refractivity contribution >= 4 is 33.4 Å². The molecular weight excluding hydrogens is 484 g/mol. The van der Waals surface area contributed by atoms with Crippen LogP contribution in [-0.2, 0) is 21.2 Å². The zero-order valence-corrected chi connectivity index (χ0v) is 22.0. The van der Waals surface area contributed by atoms with E-state index in [1.54, 1.807) is 12.1 Å². The van der Waals surface area contributed by atoms with Gasteiger partial charge in [0.1, 0.15) is 16.9 Å². The quantitative estimate of drug-likeness (QED) is 0.215. The van der Waals surface area contributed by atoms with Gasteiger partial charge in [0.25, 0.3) is 0 Å².